The number of nitrogens with zero attached hydrogens (tertiary/aromatic N) is 2. The van der Waals surface area contributed by atoms with Gasteiger partial charge in [-0.15, -0.1) is 0 Å². The van der Waals surface area contributed by atoms with E-state index in [1.54, 1.807) is 0 Å². The van der Waals surface area contributed by atoms with E-state index in [2.05, 4.69) is 55.9 Å². The highest BCUT2D eigenvalue weighted by atomic mass is 16.5. The zero-order valence-electron chi connectivity index (χ0n) is 13.7. The maximum Gasteiger partial charge on any atom is 0.0667 e. The first kappa shape index (κ1) is 14.4. The summed E-state index contributed by atoms with van der Waals surface area (Å²) in [6, 6.07) is 8.35. The van der Waals surface area contributed by atoms with Crippen molar-refractivity contribution in [2.45, 2.75) is 13.0 Å². The number of anilines is 1. The molecular weight excluding hydrogens is 314 g/mol. The van der Waals surface area contributed by atoms with Gasteiger partial charge in [0.15, 0.2) is 0 Å². The van der Waals surface area contributed by atoms with Crippen molar-refractivity contribution >= 4 is 22.3 Å². The van der Waals surface area contributed by atoms with Crippen LogP contribution in [0.4, 0.5) is 5.69 Å². The topological polar surface area (TPSA) is 69.0 Å². The van der Waals surface area contributed by atoms with Crippen molar-refractivity contribution in [1.82, 2.24) is 20.1 Å². The third kappa shape index (κ3) is 2.60. The molecule has 3 aromatic rings. The average Bonchev–Trinajstić information content (AvgIpc) is 3.31. The summed E-state index contributed by atoms with van der Waals surface area (Å²) < 4.78 is 5.44. The molecule has 2 aliphatic rings. The van der Waals surface area contributed by atoms with Crippen molar-refractivity contribution < 1.29 is 4.74 Å². The van der Waals surface area contributed by atoms with Crippen molar-refractivity contribution in [2.75, 3.05) is 18.5 Å². The van der Waals surface area contributed by atoms with E-state index in [0.717, 1.165) is 41.9 Å². The molecule has 6 heteroatoms. The van der Waals surface area contributed by atoms with Crippen molar-refractivity contribution in [3.05, 3.63) is 65.9 Å². The first-order chi connectivity index (χ1) is 12.4. The molecule has 0 saturated carbocycles. The van der Waals surface area contributed by atoms with Crippen molar-refractivity contribution in [3.63, 3.8) is 0 Å². The molecule has 2 aromatic heterocycles. The summed E-state index contributed by atoms with van der Waals surface area (Å²) in [4.78, 5) is 5.68. The zero-order valence-corrected chi connectivity index (χ0v) is 13.7. The van der Waals surface area contributed by atoms with Gasteiger partial charge in [0.1, 0.15) is 0 Å². The fourth-order valence-electron chi connectivity index (χ4n) is 3.47. The Bertz CT molecular complexity index is 981. The summed E-state index contributed by atoms with van der Waals surface area (Å²) in [6.45, 7) is 2.34. The SMILES string of the molecule is C1=C(Nc2ccc3[nH]ncc3c2)c2cc[nH]c2CN1C1=CCOCC1. The third-order valence-electron chi connectivity index (χ3n) is 4.76. The minimum atomic E-state index is 0.692. The van der Waals surface area contributed by atoms with E-state index in [-0.39, 0.29) is 0 Å². The van der Waals surface area contributed by atoms with Crippen LogP contribution >= 0.6 is 0 Å². The van der Waals surface area contributed by atoms with E-state index >= 15 is 0 Å². The van der Waals surface area contributed by atoms with Crippen LogP contribution < -0.4 is 5.32 Å². The third-order valence-corrected chi connectivity index (χ3v) is 4.76. The lowest BCUT2D eigenvalue weighted by Crippen LogP contribution is -2.25. The summed E-state index contributed by atoms with van der Waals surface area (Å²) in [6.07, 6.45) is 9.16. The maximum absolute atomic E-state index is 5.44. The van der Waals surface area contributed by atoms with Crippen LogP contribution in [-0.4, -0.2) is 33.3 Å². The molecule has 0 unspecified atom stereocenters. The Hall–Kier alpha value is -2.99. The van der Waals surface area contributed by atoms with Gasteiger partial charge in [-0.05, 0) is 30.3 Å². The van der Waals surface area contributed by atoms with Gasteiger partial charge in [0.2, 0.25) is 0 Å². The van der Waals surface area contributed by atoms with Crippen LogP contribution in [0.2, 0.25) is 0 Å². The first-order valence-corrected chi connectivity index (χ1v) is 8.49. The molecule has 5 rings (SSSR count). The molecular formula is C19H19N5O. The molecule has 0 saturated heterocycles. The van der Waals surface area contributed by atoms with Gasteiger partial charge in [0.25, 0.3) is 0 Å². The molecule has 4 heterocycles. The van der Waals surface area contributed by atoms with Gasteiger partial charge in [0, 0.05) is 46.8 Å². The number of fused-ring (bicyclic) bond motifs is 2. The lowest BCUT2D eigenvalue weighted by molar-refractivity contribution is 0.144. The molecule has 0 aliphatic carbocycles. The van der Waals surface area contributed by atoms with Gasteiger partial charge in [-0.3, -0.25) is 5.10 Å². The second kappa shape index (κ2) is 5.82. The second-order valence-corrected chi connectivity index (χ2v) is 6.36. The van der Waals surface area contributed by atoms with E-state index in [1.807, 2.05) is 18.5 Å². The van der Waals surface area contributed by atoms with Crippen LogP contribution in [0.5, 0.6) is 0 Å². The number of hydrogen-bond acceptors (Lipinski definition) is 4. The van der Waals surface area contributed by atoms with Crippen LogP contribution in [0.1, 0.15) is 17.7 Å². The number of rotatable bonds is 3. The Morgan fingerprint density at radius 2 is 2.24 bits per heavy atom. The van der Waals surface area contributed by atoms with Gasteiger partial charge >= 0.3 is 0 Å². The average molecular weight is 333 g/mol. The van der Waals surface area contributed by atoms with E-state index in [0.29, 0.717) is 6.61 Å². The summed E-state index contributed by atoms with van der Waals surface area (Å²) in [5, 5.41) is 11.7. The number of nitrogens with one attached hydrogen (secondary N) is 3. The molecule has 0 spiro atoms. The Morgan fingerprint density at radius 1 is 1.24 bits per heavy atom. The maximum atomic E-state index is 5.44. The molecule has 126 valence electrons. The lowest BCUT2D eigenvalue weighted by atomic mass is 10.1. The quantitative estimate of drug-likeness (QED) is 0.687. The minimum absolute atomic E-state index is 0.692. The van der Waals surface area contributed by atoms with Crippen LogP contribution in [0.15, 0.2) is 54.6 Å². The Kier molecular flexibility index (Phi) is 3.34. The number of ether oxygens (including phenoxy) is 1. The standard InChI is InChI=1S/C19H19N5O/c1-2-17-13(10-21-23-17)9-14(1)22-19-12-24(15-4-7-25-8-5-15)11-18-16(19)3-6-20-18/h1-4,6,9-10,12,20,22H,5,7-8,11H2,(H,21,23). The summed E-state index contributed by atoms with van der Waals surface area (Å²) in [5.41, 5.74) is 6.95. The fourth-order valence-corrected chi connectivity index (χ4v) is 3.47. The highest BCUT2D eigenvalue weighted by molar-refractivity contribution is 5.86. The Balaban J connectivity index is 1.50. The molecule has 2 aliphatic heterocycles. The summed E-state index contributed by atoms with van der Waals surface area (Å²) in [5.74, 6) is 0. The fraction of sp³-hybridized carbons (Fsp3) is 0.211. The number of H-pyrrole nitrogens is 2. The number of aromatic nitrogens is 3. The monoisotopic (exact) mass is 333 g/mol. The van der Waals surface area contributed by atoms with E-state index in [9.17, 15) is 0 Å². The smallest absolute Gasteiger partial charge is 0.0667 e. The molecule has 6 nitrogen and oxygen atoms in total. The molecule has 0 bridgehead atoms. The van der Waals surface area contributed by atoms with Crippen LogP contribution in [0.25, 0.3) is 16.6 Å². The van der Waals surface area contributed by atoms with Crippen molar-refractivity contribution in [3.8, 4) is 0 Å². The highest BCUT2D eigenvalue weighted by Crippen LogP contribution is 2.31. The molecule has 25 heavy (non-hydrogen) atoms. The predicted molar refractivity (Wildman–Crippen MR) is 97.5 cm³/mol. The van der Waals surface area contributed by atoms with Gasteiger partial charge < -0.3 is 19.9 Å². The first-order valence-electron chi connectivity index (χ1n) is 8.49. The summed E-state index contributed by atoms with van der Waals surface area (Å²) >= 11 is 0. The van der Waals surface area contributed by atoms with E-state index < -0.39 is 0 Å². The molecule has 0 atom stereocenters. The predicted octanol–water partition coefficient (Wildman–Crippen LogP) is 3.42. The van der Waals surface area contributed by atoms with Gasteiger partial charge in [0.05, 0.1) is 37.2 Å². The van der Waals surface area contributed by atoms with Gasteiger partial charge in [-0.1, -0.05) is 0 Å². The van der Waals surface area contributed by atoms with Crippen LogP contribution in [-0.2, 0) is 11.3 Å². The van der Waals surface area contributed by atoms with E-state index in [1.165, 1.54) is 17.0 Å². The molecule has 0 radical (unpaired) electrons. The van der Waals surface area contributed by atoms with Crippen LogP contribution in [0.3, 0.4) is 0 Å². The summed E-state index contributed by atoms with van der Waals surface area (Å²) in [7, 11) is 0. The second-order valence-electron chi connectivity index (χ2n) is 6.36. The number of benzene rings is 1. The number of hydrogen-bond donors (Lipinski definition) is 3. The lowest BCUT2D eigenvalue weighted by Gasteiger charge is -2.31. The van der Waals surface area contributed by atoms with Crippen molar-refractivity contribution in [2.24, 2.45) is 0 Å². The normalized spacial score (nSPS) is 17.2. The molecule has 3 N–H and O–H groups in total. The van der Waals surface area contributed by atoms with Crippen LogP contribution in [0, 0.1) is 0 Å². The number of aromatic amines is 2. The molecule has 0 fully saturated rings. The molecule has 1 aromatic carbocycles. The van der Waals surface area contributed by atoms with Crippen molar-refractivity contribution in [1.29, 1.82) is 0 Å². The minimum Gasteiger partial charge on any atom is -0.377 e. The van der Waals surface area contributed by atoms with Gasteiger partial charge in [-0.25, -0.2) is 0 Å². The Morgan fingerprint density at radius 3 is 3.16 bits per heavy atom. The zero-order chi connectivity index (χ0) is 16.6. The van der Waals surface area contributed by atoms with Gasteiger partial charge in [-0.2, -0.15) is 5.10 Å². The highest BCUT2D eigenvalue weighted by Gasteiger charge is 2.21. The Labute approximate surface area is 145 Å². The molecule has 0 amide bonds. The van der Waals surface area contributed by atoms with E-state index in [4.69, 9.17) is 4.74 Å². The largest absolute Gasteiger partial charge is 0.377 e.